The minimum Gasteiger partial charge on any atom is -0.381 e. The maximum Gasteiger partial charge on any atom is 0.0528 e. The molecule has 2 saturated carbocycles. The Balaban J connectivity index is 0.000000101. The molecule has 1 aliphatic heterocycles. The molecule has 3 rings (SSSR count). The molecule has 0 aromatic heterocycles. The van der Waals surface area contributed by atoms with Crippen molar-refractivity contribution in [2.24, 2.45) is 17.8 Å². The molecule has 0 radical (unpaired) electrons. The van der Waals surface area contributed by atoms with Crippen LogP contribution >= 0.6 is 0 Å². The second-order valence-corrected chi connectivity index (χ2v) is 4.65. The van der Waals surface area contributed by atoms with E-state index in [9.17, 15) is 0 Å². The fourth-order valence-electron chi connectivity index (χ4n) is 2.35. The molecule has 2 aliphatic carbocycles. The molecule has 2 nitrogen and oxygen atoms in total. The monoisotopic (exact) mass is 183 g/mol. The Morgan fingerprint density at radius 3 is 2.08 bits per heavy atom. The summed E-state index contributed by atoms with van der Waals surface area (Å²) in [4.78, 5) is 0. The van der Waals surface area contributed by atoms with Crippen molar-refractivity contribution in [1.29, 1.82) is 0 Å². The topological polar surface area (TPSA) is 21.3 Å². The molecular weight excluding hydrogens is 162 g/mol. The Bertz CT molecular complexity index is 148. The van der Waals surface area contributed by atoms with Gasteiger partial charge in [-0.25, -0.2) is 0 Å². The molecule has 3 aliphatic rings. The van der Waals surface area contributed by atoms with Crippen LogP contribution in [0.25, 0.3) is 0 Å². The summed E-state index contributed by atoms with van der Waals surface area (Å²) in [7, 11) is 1.97. The van der Waals surface area contributed by atoms with Crippen LogP contribution in [0.5, 0.6) is 0 Å². The van der Waals surface area contributed by atoms with E-state index < -0.39 is 0 Å². The van der Waals surface area contributed by atoms with Gasteiger partial charge in [0.15, 0.2) is 0 Å². The van der Waals surface area contributed by atoms with Crippen molar-refractivity contribution in [3.8, 4) is 0 Å². The van der Waals surface area contributed by atoms with Crippen molar-refractivity contribution in [3.63, 3.8) is 0 Å². The van der Waals surface area contributed by atoms with Crippen LogP contribution in [0, 0.1) is 17.8 Å². The fraction of sp³-hybridized carbons (Fsp3) is 1.00. The normalized spacial score (nSPS) is 35.8. The summed E-state index contributed by atoms with van der Waals surface area (Å²) in [5.74, 6) is 3.22. The van der Waals surface area contributed by atoms with Crippen LogP contribution in [0.15, 0.2) is 0 Å². The van der Waals surface area contributed by atoms with Crippen LogP contribution in [0.4, 0.5) is 0 Å². The van der Waals surface area contributed by atoms with Gasteiger partial charge in [0.25, 0.3) is 0 Å². The molecule has 0 amide bonds. The predicted octanol–water partition coefficient (Wildman–Crippen LogP) is 1.66. The van der Waals surface area contributed by atoms with Gasteiger partial charge in [0.2, 0.25) is 0 Å². The zero-order valence-corrected chi connectivity index (χ0v) is 8.59. The van der Waals surface area contributed by atoms with E-state index in [0.717, 1.165) is 25.7 Å². The Hall–Kier alpha value is -0.0800. The van der Waals surface area contributed by atoms with E-state index in [2.05, 4.69) is 5.32 Å². The molecule has 0 bridgehead atoms. The first kappa shape index (κ1) is 9.47. The second kappa shape index (κ2) is 4.43. The van der Waals surface area contributed by atoms with E-state index in [0.29, 0.717) is 0 Å². The molecule has 0 spiro atoms. The van der Waals surface area contributed by atoms with Gasteiger partial charge in [0.05, 0.1) is 13.2 Å². The molecule has 1 N–H and O–H groups in total. The number of fused-ring (bicyclic) bond motifs is 1. The maximum atomic E-state index is 4.95. The summed E-state index contributed by atoms with van der Waals surface area (Å²) < 4.78 is 4.95. The summed E-state index contributed by atoms with van der Waals surface area (Å²) in [6.45, 7) is 3.03. The highest BCUT2D eigenvalue weighted by molar-refractivity contribution is 4.91. The highest BCUT2D eigenvalue weighted by Gasteiger charge is 2.40. The number of rotatable bonds is 2. The lowest BCUT2D eigenvalue weighted by Crippen LogP contribution is -2.35. The molecule has 2 unspecified atom stereocenters. The molecule has 0 aromatic carbocycles. The highest BCUT2D eigenvalue weighted by Crippen LogP contribution is 2.51. The zero-order chi connectivity index (χ0) is 9.10. The summed E-state index contributed by atoms with van der Waals surface area (Å²) >= 11 is 0. The third-order valence-electron chi connectivity index (χ3n) is 3.42. The van der Waals surface area contributed by atoms with Gasteiger partial charge in [-0.3, -0.25) is 0 Å². The third kappa shape index (κ3) is 2.68. The van der Waals surface area contributed by atoms with Crippen LogP contribution in [-0.2, 0) is 4.74 Å². The summed E-state index contributed by atoms with van der Waals surface area (Å²) in [5.41, 5.74) is 0. The quantitative estimate of drug-likeness (QED) is 0.703. The molecule has 3 fully saturated rings. The lowest BCUT2D eigenvalue weighted by atomic mass is 10.1. The molecule has 2 heteroatoms. The molecular formula is C11H21NO. The van der Waals surface area contributed by atoms with Gasteiger partial charge in [0, 0.05) is 12.5 Å². The Morgan fingerprint density at radius 1 is 1.23 bits per heavy atom. The van der Waals surface area contributed by atoms with Gasteiger partial charge >= 0.3 is 0 Å². The minimum atomic E-state index is 0.796. The van der Waals surface area contributed by atoms with Crippen LogP contribution in [0.3, 0.4) is 0 Å². The number of nitrogens with one attached hydrogen (secondary N) is 1. The molecule has 0 aromatic rings. The Morgan fingerprint density at radius 2 is 1.92 bits per heavy atom. The fourth-order valence-corrected chi connectivity index (χ4v) is 2.35. The van der Waals surface area contributed by atoms with Crippen LogP contribution in [0.1, 0.15) is 25.7 Å². The van der Waals surface area contributed by atoms with Gasteiger partial charge < -0.3 is 10.1 Å². The van der Waals surface area contributed by atoms with Gasteiger partial charge in [-0.1, -0.05) is 19.3 Å². The summed E-state index contributed by atoms with van der Waals surface area (Å²) in [5, 5.41) is 3.09. The standard InChI is InChI=1S/C6H10.C5H11NO/c1-2-5-4-6(5)3-1;1-6-2-5-3-7-4-5/h5-6H,1-4H2;5-6H,2-4H2,1H3. The van der Waals surface area contributed by atoms with Gasteiger partial charge in [-0.2, -0.15) is 0 Å². The number of hydrogen-bond donors (Lipinski definition) is 1. The van der Waals surface area contributed by atoms with Crippen molar-refractivity contribution in [2.75, 3.05) is 26.8 Å². The largest absolute Gasteiger partial charge is 0.381 e. The van der Waals surface area contributed by atoms with Gasteiger partial charge in [-0.05, 0) is 25.3 Å². The molecule has 13 heavy (non-hydrogen) atoms. The SMILES string of the molecule is C1CC2CC2C1.CNCC1COC1. The zero-order valence-electron chi connectivity index (χ0n) is 8.59. The molecule has 76 valence electrons. The Kier molecular flexibility index (Phi) is 3.23. The second-order valence-electron chi connectivity index (χ2n) is 4.65. The van der Waals surface area contributed by atoms with Crippen LogP contribution < -0.4 is 5.32 Å². The van der Waals surface area contributed by atoms with Crippen LogP contribution in [-0.4, -0.2) is 26.8 Å². The number of hydrogen-bond acceptors (Lipinski definition) is 2. The van der Waals surface area contributed by atoms with Crippen molar-refractivity contribution >= 4 is 0 Å². The first-order valence-corrected chi connectivity index (χ1v) is 5.62. The van der Waals surface area contributed by atoms with Gasteiger partial charge in [-0.15, -0.1) is 0 Å². The average Bonchev–Trinajstić information content (AvgIpc) is 2.68. The summed E-state index contributed by atoms with van der Waals surface area (Å²) in [6.07, 6.45) is 6.24. The Labute approximate surface area is 81.0 Å². The molecule has 1 heterocycles. The van der Waals surface area contributed by atoms with Crippen molar-refractivity contribution in [2.45, 2.75) is 25.7 Å². The maximum absolute atomic E-state index is 4.95. The highest BCUT2D eigenvalue weighted by atomic mass is 16.5. The summed E-state index contributed by atoms with van der Waals surface area (Å²) in [6, 6.07) is 0. The average molecular weight is 183 g/mol. The van der Waals surface area contributed by atoms with Crippen molar-refractivity contribution in [1.82, 2.24) is 5.32 Å². The minimum absolute atomic E-state index is 0.796. The van der Waals surface area contributed by atoms with E-state index in [-0.39, 0.29) is 0 Å². The first-order chi connectivity index (χ1) is 6.40. The molecule has 2 atom stereocenters. The van der Waals surface area contributed by atoms with E-state index in [1.165, 1.54) is 18.3 Å². The lowest BCUT2D eigenvalue weighted by molar-refractivity contribution is -0.0298. The predicted molar refractivity (Wildman–Crippen MR) is 53.7 cm³/mol. The van der Waals surface area contributed by atoms with E-state index in [1.807, 2.05) is 7.05 Å². The van der Waals surface area contributed by atoms with E-state index in [4.69, 9.17) is 4.74 Å². The van der Waals surface area contributed by atoms with Crippen LogP contribution in [0.2, 0.25) is 0 Å². The molecule has 1 saturated heterocycles. The third-order valence-corrected chi connectivity index (χ3v) is 3.42. The number of ether oxygens (including phenoxy) is 1. The lowest BCUT2D eigenvalue weighted by Gasteiger charge is -2.25. The van der Waals surface area contributed by atoms with Gasteiger partial charge in [0.1, 0.15) is 0 Å². The van der Waals surface area contributed by atoms with Crippen molar-refractivity contribution < 1.29 is 4.74 Å². The first-order valence-electron chi connectivity index (χ1n) is 5.62. The van der Waals surface area contributed by atoms with E-state index in [1.54, 1.807) is 19.3 Å². The van der Waals surface area contributed by atoms with Crippen molar-refractivity contribution in [3.05, 3.63) is 0 Å². The van der Waals surface area contributed by atoms with E-state index >= 15 is 0 Å². The smallest absolute Gasteiger partial charge is 0.0528 e.